The second-order valence-corrected chi connectivity index (χ2v) is 10.9. The smallest absolute Gasteiger partial charge is 0.417 e. The molecule has 202 valence electrons. The second-order valence-electron chi connectivity index (χ2n) is 9.53. The molecule has 1 amide bonds. The summed E-state index contributed by atoms with van der Waals surface area (Å²) in [6.07, 6.45) is -3.38. The summed E-state index contributed by atoms with van der Waals surface area (Å²) in [4.78, 5) is 36.2. The van der Waals surface area contributed by atoms with Crippen molar-refractivity contribution in [2.75, 3.05) is 23.7 Å². The Hall–Kier alpha value is -3.06. The second kappa shape index (κ2) is 9.60. The first kappa shape index (κ1) is 26.5. The minimum Gasteiger partial charge on any atom is -0.465 e. The van der Waals surface area contributed by atoms with Crippen LogP contribution in [0.5, 0.6) is 0 Å². The van der Waals surface area contributed by atoms with Crippen LogP contribution in [-0.2, 0) is 12.7 Å². The molecule has 38 heavy (non-hydrogen) atoms. The van der Waals surface area contributed by atoms with Gasteiger partial charge in [0.25, 0.3) is 0 Å². The molecule has 0 saturated carbocycles. The molecule has 1 aromatic carbocycles. The van der Waals surface area contributed by atoms with Gasteiger partial charge < -0.3 is 10.0 Å². The Kier molecular flexibility index (Phi) is 6.70. The van der Waals surface area contributed by atoms with E-state index < -0.39 is 52.4 Å². The Labute approximate surface area is 223 Å². The van der Waals surface area contributed by atoms with Gasteiger partial charge in [-0.05, 0) is 31.5 Å². The fourth-order valence-electron chi connectivity index (χ4n) is 5.30. The van der Waals surface area contributed by atoms with Crippen LogP contribution < -0.4 is 10.6 Å². The van der Waals surface area contributed by atoms with Crippen molar-refractivity contribution in [3.05, 3.63) is 57.0 Å². The van der Waals surface area contributed by atoms with Gasteiger partial charge in [0.1, 0.15) is 11.6 Å². The molecular weight excluding hydrogens is 550 g/mol. The number of aromatic nitrogens is 3. The van der Waals surface area contributed by atoms with Gasteiger partial charge in [-0.1, -0.05) is 11.6 Å². The number of rotatable bonds is 2. The molecule has 0 aliphatic carbocycles. The number of hydrogen-bond donors (Lipinski definition) is 1. The summed E-state index contributed by atoms with van der Waals surface area (Å²) in [6, 6.07) is 1.19. The first-order valence-corrected chi connectivity index (χ1v) is 13.1. The molecule has 4 heterocycles. The van der Waals surface area contributed by atoms with Crippen LogP contribution in [0, 0.1) is 5.82 Å². The van der Waals surface area contributed by atoms with Gasteiger partial charge in [-0.2, -0.15) is 18.2 Å². The summed E-state index contributed by atoms with van der Waals surface area (Å²) in [5, 5.41) is 9.13. The number of carboxylic acid groups (broad SMARTS) is 1. The van der Waals surface area contributed by atoms with E-state index in [1.54, 1.807) is 18.7 Å². The fraction of sp³-hybridized carbons (Fsp3) is 0.417. The van der Waals surface area contributed by atoms with Crippen LogP contribution in [0.25, 0.3) is 10.9 Å². The number of nitrogens with zero attached hydrogens (tertiary/aromatic N) is 5. The molecule has 2 aliphatic heterocycles. The lowest BCUT2D eigenvalue weighted by Gasteiger charge is -2.43. The molecule has 2 aliphatic rings. The Balaban J connectivity index is 1.72. The Morgan fingerprint density at radius 3 is 2.45 bits per heavy atom. The summed E-state index contributed by atoms with van der Waals surface area (Å²) in [5.41, 5.74) is -1.04. The lowest BCUT2D eigenvalue weighted by Crippen LogP contribution is -2.58. The van der Waals surface area contributed by atoms with Gasteiger partial charge in [0.05, 0.1) is 39.3 Å². The SMILES string of the molecule is C[C@@H]1CN(c2nc(=O)n3c4c(c(Cl)c(C(F)(F)F)cc24)SC[C@@H](c2cncc(F)c2)C3)C[C@H](C)N1C(=O)O. The highest BCUT2D eigenvalue weighted by molar-refractivity contribution is 7.99. The highest BCUT2D eigenvalue weighted by Crippen LogP contribution is 2.47. The third-order valence-corrected chi connectivity index (χ3v) is 8.67. The van der Waals surface area contributed by atoms with Crippen molar-refractivity contribution in [2.45, 2.75) is 49.5 Å². The van der Waals surface area contributed by atoms with E-state index in [0.717, 1.165) is 24.0 Å². The van der Waals surface area contributed by atoms with Crippen LogP contribution >= 0.6 is 23.4 Å². The maximum absolute atomic E-state index is 14.1. The predicted octanol–water partition coefficient (Wildman–Crippen LogP) is 5.07. The number of pyridine rings is 1. The third kappa shape index (κ3) is 4.55. The zero-order valence-corrected chi connectivity index (χ0v) is 21.7. The van der Waals surface area contributed by atoms with Crippen molar-refractivity contribution in [3.8, 4) is 0 Å². The number of hydrogen-bond acceptors (Lipinski definition) is 6. The maximum Gasteiger partial charge on any atom is 0.417 e. The van der Waals surface area contributed by atoms with Crippen LogP contribution in [-0.4, -0.2) is 61.6 Å². The lowest BCUT2D eigenvalue weighted by molar-refractivity contribution is -0.137. The number of halogens is 5. The molecule has 1 N–H and O–H groups in total. The molecule has 2 aromatic heterocycles. The standard InChI is InChI=1S/C24H22ClF4N5O3S/c1-11-7-32(8-12(2)34(11)23(36)37)21-16-4-17(24(27,28)29)18(25)20-19(16)33(22(35)31-21)9-14(10-38-20)13-3-15(26)6-30-5-13/h3-6,11-12,14H,7-10H2,1-2H3,(H,36,37)/t11-,12+,14-/m0/s1. The summed E-state index contributed by atoms with van der Waals surface area (Å²) in [5.74, 6) is -0.752. The van der Waals surface area contributed by atoms with Crippen molar-refractivity contribution in [1.82, 2.24) is 19.4 Å². The molecule has 5 rings (SSSR count). The molecule has 14 heteroatoms. The van der Waals surface area contributed by atoms with Gasteiger partial charge in [0, 0.05) is 42.9 Å². The first-order chi connectivity index (χ1) is 17.9. The number of carbonyl (C=O) groups is 1. The van der Waals surface area contributed by atoms with E-state index in [0.29, 0.717) is 5.56 Å². The highest BCUT2D eigenvalue weighted by atomic mass is 35.5. The Morgan fingerprint density at radius 2 is 1.84 bits per heavy atom. The van der Waals surface area contributed by atoms with Crippen molar-refractivity contribution in [3.63, 3.8) is 0 Å². The molecule has 3 aromatic rings. The van der Waals surface area contributed by atoms with E-state index >= 15 is 0 Å². The zero-order chi connectivity index (χ0) is 27.5. The van der Waals surface area contributed by atoms with E-state index in [2.05, 4.69) is 9.97 Å². The summed E-state index contributed by atoms with van der Waals surface area (Å²) in [7, 11) is 0. The van der Waals surface area contributed by atoms with E-state index in [1.807, 2.05) is 0 Å². The quantitative estimate of drug-likeness (QED) is 0.430. The van der Waals surface area contributed by atoms with Crippen molar-refractivity contribution in [2.24, 2.45) is 0 Å². The average molecular weight is 572 g/mol. The largest absolute Gasteiger partial charge is 0.465 e. The number of benzene rings is 1. The van der Waals surface area contributed by atoms with Gasteiger partial charge in [-0.15, -0.1) is 11.8 Å². The molecule has 0 unspecified atom stereocenters. The monoisotopic (exact) mass is 571 g/mol. The maximum atomic E-state index is 14.1. The third-order valence-electron chi connectivity index (χ3n) is 6.91. The minimum atomic E-state index is -4.78. The summed E-state index contributed by atoms with van der Waals surface area (Å²) in [6.45, 7) is 3.67. The number of anilines is 1. The number of piperazine rings is 1. The molecule has 1 saturated heterocycles. The Bertz CT molecular complexity index is 1490. The van der Waals surface area contributed by atoms with Crippen LogP contribution in [0.4, 0.5) is 28.2 Å². The average Bonchev–Trinajstić information content (AvgIpc) is 3.03. The number of thioether (sulfide) groups is 1. The summed E-state index contributed by atoms with van der Waals surface area (Å²) < 4.78 is 57.5. The van der Waals surface area contributed by atoms with E-state index in [-0.39, 0.29) is 47.0 Å². The van der Waals surface area contributed by atoms with Crippen molar-refractivity contribution in [1.29, 1.82) is 0 Å². The summed E-state index contributed by atoms with van der Waals surface area (Å²) >= 11 is 7.39. The van der Waals surface area contributed by atoms with Crippen LogP contribution in [0.1, 0.15) is 30.9 Å². The lowest BCUT2D eigenvalue weighted by atomic mass is 10.0. The minimum absolute atomic E-state index is 0.0367. The van der Waals surface area contributed by atoms with Gasteiger partial charge in [-0.25, -0.2) is 14.0 Å². The molecule has 8 nitrogen and oxygen atoms in total. The van der Waals surface area contributed by atoms with E-state index in [1.165, 1.54) is 21.7 Å². The zero-order valence-electron chi connectivity index (χ0n) is 20.2. The molecule has 0 radical (unpaired) electrons. The van der Waals surface area contributed by atoms with Crippen LogP contribution in [0.15, 0.2) is 34.2 Å². The highest BCUT2D eigenvalue weighted by Gasteiger charge is 2.39. The van der Waals surface area contributed by atoms with Crippen molar-refractivity contribution < 1.29 is 27.5 Å². The molecule has 0 spiro atoms. The van der Waals surface area contributed by atoms with Gasteiger partial charge >= 0.3 is 18.0 Å². The van der Waals surface area contributed by atoms with E-state index in [9.17, 15) is 32.3 Å². The first-order valence-electron chi connectivity index (χ1n) is 11.7. The van der Waals surface area contributed by atoms with Crippen LogP contribution in [0.2, 0.25) is 5.02 Å². The molecule has 1 fully saturated rings. The van der Waals surface area contributed by atoms with Crippen LogP contribution in [0.3, 0.4) is 0 Å². The van der Waals surface area contributed by atoms with Crippen molar-refractivity contribution >= 4 is 46.2 Å². The normalized spacial score (nSPS) is 22.0. The molecular formula is C24H22ClF4N5O3S. The fourth-order valence-corrected chi connectivity index (χ4v) is 6.98. The molecule has 3 atom stereocenters. The van der Waals surface area contributed by atoms with Gasteiger partial charge in [-0.3, -0.25) is 14.5 Å². The van der Waals surface area contributed by atoms with E-state index in [4.69, 9.17) is 11.6 Å². The van der Waals surface area contributed by atoms with Gasteiger partial charge in [0.2, 0.25) is 0 Å². The number of amides is 1. The Morgan fingerprint density at radius 1 is 1.16 bits per heavy atom. The number of alkyl halides is 3. The predicted molar refractivity (Wildman–Crippen MR) is 135 cm³/mol. The topological polar surface area (TPSA) is 91.6 Å². The van der Waals surface area contributed by atoms with Gasteiger partial charge in [0.15, 0.2) is 0 Å². The molecule has 0 bridgehead atoms.